The number of aromatic nitrogens is 4. The number of hydrogen-bond acceptors (Lipinski definition) is 8. The van der Waals surface area contributed by atoms with Crippen molar-refractivity contribution in [1.82, 2.24) is 24.9 Å². The smallest absolute Gasteiger partial charge is 0.261 e. The van der Waals surface area contributed by atoms with E-state index in [9.17, 15) is 4.39 Å². The molecule has 258 valence electrons. The lowest BCUT2D eigenvalue weighted by molar-refractivity contribution is 0.242. The first-order valence-electron chi connectivity index (χ1n) is 17.2. The zero-order valence-electron chi connectivity index (χ0n) is 29.3. The second-order valence-electron chi connectivity index (χ2n) is 13.8. The normalized spacial score (nSPS) is 15.5. The quantitative estimate of drug-likeness (QED) is 0.160. The Bertz CT molecular complexity index is 2010. The number of fused-ring (bicyclic) bond motifs is 1. The summed E-state index contributed by atoms with van der Waals surface area (Å²) in [6, 6.07) is 32.3. The third kappa shape index (κ3) is 6.46. The Morgan fingerprint density at radius 3 is 2.26 bits per heavy atom. The number of piperazine rings is 1. The molecule has 1 atom stereocenters. The highest BCUT2D eigenvalue weighted by molar-refractivity contribution is 7.14. The van der Waals surface area contributed by atoms with Crippen molar-refractivity contribution in [2.24, 2.45) is 0 Å². The number of benzene rings is 3. The fourth-order valence-electron chi connectivity index (χ4n) is 7.09. The van der Waals surface area contributed by atoms with E-state index in [1.807, 2.05) is 16.9 Å². The topological polar surface area (TPSA) is 70.8 Å². The maximum Gasteiger partial charge on any atom is 0.261 e. The summed E-state index contributed by atoms with van der Waals surface area (Å²) in [6.45, 7) is 12.1. The molecule has 0 unspecified atom stereocenters. The zero-order valence-corrected chi connectivity index (χ0v) is 31.1. The summed E-state index contributed by atoms with van der Waals surface area (Å²) >= 11 is 1.54. The molecular formula is C39H44FN7OSSi. The Balaban J connectivity index is 1.15. The Morgan fingerprint density at radius 1 is 0.940 bits per heavy atom. The number of imidazole rings is 1. The lowest BCUT2D eigenvalue weighted by Gasteiger charge is -2.44. The number of thiazole rings is 1. The molecule has 3 aromatic heterocycles. The van der Waals surface area contributed by atoms with Gasteiger partial charge in [-0.05, 0) is 58.2 Å². The molecule has 0 saturated carbocycles. The Hall–Kier alpha value is -4.42. The minimum Gasteiger partial charge on any atom is -0.406 e. The van der Waals surface area contributed by atoms with Gasteiger partial charge in [0.25, 0.3) is 8.32 Å². The van der Waals surface area contributed by atoms with Crippen molar-refractivity contribution in [2.45, 2.75) is 45.2 Å². The first-order valence-corrected chi connectivity index (χ1v) is 20.0. The van der Waals surface area contributed by atoms with Gasteiger partial charge in [-0.2, -0.15) is 4.52 Å². The molecule has 0 spiro atoms. The Kier molecular flexibility index (Phi) is 9.58. The van der Waals surface area contributed by atoms with Crippen LogP contribution in [0.5, 0.6) is 0 Å². The van der Waals surface area contributed by atoms with E-state index in [0.29, 0.717) is 6.61 Å². The van der Waals surface area contributed by atoms with Crippen LogP contribution in [0.1, 0.15) is 33.4 Å². The summed E-state index contributed by atoms with van der Waals surface area (Å²) in [7, 11) is -0.654. The fourth-order valence-corrected chi connectivity index (χ4v) is 12.5. The van der Waals surface area contributed by atoms with Gasteiger partial charge in [0.1, 0.15) is 11.6 Å². The molecular weight excluding hydrogens is 662 g/mol. The average Bonchev–Trinajstić information content (AvgIpc) is 3.78. The van der Waals surface area contributed by atoms with Crippen molar-refractivity contribution in [1.29, 1.82) is 0 Å². The van der Waals surface area contributed by atoms with E-state index in [4.69, 9.17) is 19.5 Å². The van der Waals surface area contributed by atoms with Crippen LogP contribution in [-0.2, 0) is 10.8 Å². The first kappa shape index (κ1) is 34.0. The van der Waals surface area contributed by atoms with Crippen molar-refractivity contribution in [3.05, 3.63) is 114 Å². The summed E-state index contributed by atoms with van der Waals surface area (Å²) in [5, 5.41) is 14.2. The predicted octanol–water partition coefficient (Wildman–Crippen LogP) is 6.68. The summed E-state index contributed by atoms with van der Waals surface area (Å²) in [5.74, 6) is 1.53. The third-order valence-electron chi connectivity index (χ3n) is 9.58. The van der Waals surface area contributed by atoms with E-state index in [0.717, 1.165) is 65.4 Å². The Labute approximate surface area is 298 Å². The molecule has 11 heteroatoms. The number of rotatable bonds is 10. The molecule has 6 aromatic rings. The molecule has 7 rings (SSSR count). The van der Waals surface area contributed by atoms with Gasteiger partial charge in [0.05, 0.1) is 18.0 Å². The summed E-state index contributed by atoms with van der Waals surface area (Å²) in [4.78, 5) is 14.2. The van der Waals surface area contributed by atoms with Crippen LogP contribution in [0.2, 0.25) is 5.04 Å². The van der Waals surface area contributed by atoms with E-state index in [-0.39, 0.29) is 16.9 Å². The molecule has 8 nitrogen and oxygen atoms in total. The van der Waals surface area contributed by atoms with Gasteiger partial charge in [-0.3, -0.25) is 0 Å². The van der Waals surface area contributed by atoms with Crippen molar-refractivity contribution < 1.29 is 8.82 Å². The number of halogens is 1. The van der Waals surface area contributed by atoms with Crippen LogP contribution < -0.4 is 25.5 Å². The summed E-state index contributed by atoms with van der Waals surface area (Å²) in [5.41, 5.74) is 3.44. The van der Waals surface area contributed by atoms with E-state index in [1.54, 1.807) is 23.5 Å². The largest absolute Gasteiger partial charge is 0.406 e. The van der Waals surface area contributed by atoms with Crippen molar-refractivity contribution >= 4 is 52.4 Å². The number of anilines is 3. The molecule has 0 bridgehead atoms. The lowest BCUT2D eigenvalue weighted by Crippen LogP contribution is -2.68. The highest BCUT2D eigenvalue weighted by Gasteiger charge is 2.50. The molecule has 1 aliphatic heterocycles. The molecule has 50 heavy (non-hydrogen) atoms. The number of nitrogens with one attached hydrogen (secondary N) is 1. The average molecular weight is 706 g/mol. The van der Waals surface area contributed by atoms with E-state index in [1.165, 1.54) is 22.5 Å². The fraction of sp³-hybridized carbons (Fsp3) is 0.308. The standard InChI is InChI=1S/C39H44FN7OSSi/c1-6-33-37(45(5)38-43-34(27-49-38)28-17-19-29(40)20-18-28)47-35(42-33)21-22-36(44-47)46-24-23-41-30(25-46)26-48-50(39(2,3)4,31-13-9-7-10-14-31)32-15-11-8-12-16-32/h7-22,27,30,41H,6,23-26H2,1-5H3/t30-/m0/s1. The molecule has 0 radical (unpaired) electrons. The lowest BCUT2D eigenvalue weighted by atomic mass is 10.2. The zero-order chi connectivity index (χ0) is 34.9. The van der Waals surface area contributed by atoms with Crippen LogP contribution in [0.3, 0.4) is 0 Å². The second-order valence-corrected chi connectivity index (χ2v) is 19.0. The third-order valence-corrected chi connectivity index (χ3v) is 15.5. The van der Waals surface area contributed by atoms with Crippen LogP contribution in [0, 0.1) is 5.82 Å². The van der Waals surface area contributed by atoms with Gasteiger partial charge < -0.3 is 19.5 Å². The second kappa shape index (κ2) is 14.1. The minimum atomic E-state index is -2.66. The molecule has 0 amide bonds. The van der Waals surface area contributed by atoms with Gasteiger partial charge in [0.15, 0.2) is 16.6 Å². The predicted molar refractivity (Wildman–Crippen MR) is 206 cm³/mol. The summed E-state index contributed by atoms with van der Waals surface area (Å²) in [6.07, 6.45) is 0.754. The molecule has 1 N–H and O–H groups in total. The van der Waals surface area contributed by atoms with Crippen molar-refractivity contribution in [3.8, 4) is 11.3 Å². The molecule has 3 aromatic carbocycles. The number of hydrogen-bond donors (Lipinski definition) is 1. The van der Waals surface area contributed by atoms with Crippen LogP contribution in [-0.4, -0.2) is 67.2 Å². The Morgan fingerprint density at radius 2 is 1.62 bits per heavy atom. The van der Waals surface area contributed by atoms with Crippen LogP contribution in [0.25, 0.3) is 16.9 Å². The van der Waals surface area contributed by atoms with E-state index < -0.39 is 8.32 Å². The molecule has 1 fully saturated rings. The van der Waals surface area contributed by atoms with Crippen LogP contribution >= 0.6 is 11.3 Å². The highest BCUT2D eigenvalue weighted by atomic mass is 32.1. The molecule has 1 saturated heterocycles. The van der Waals surface area contributed by atoms with Gasteiger partial charge in [0.2, 0.25) is 0 Å². The van der Waals surface area contributed by atoms with Gasteiger partial charge >= 0.3 is 0 Å². The minimum absolute atomic E-state index is 0.0886. The molecule has 0 aliphatic carbocycles. The molecule has 1 aliphatic rings. The van der Waals surface area contributed by atoms with Gasteiger partial charge in [-0.15, -0.1) is 16.4 Å². The van der Waals surface area contributed by atoms with Gasteiger partial charge in [-0.25, -0.2) is 14.4 Å². The number of aryl methyl sites for hydroxylation is 1. The molecule has 4 heterocycles. The monoisotopic (exact) mass is 705 g/mol. The van der Waals surface area contributed by atoms with Gasteiger partial charge in [-0.1, -0.05) is 88.4 Å². The van der Waals surface area contributed by atoms with E-state index in [2.05, 4.69) is 116 Å². The first-order chi connectivity index (χ1) is 24.2. The SMILES string of the molecule is CCc1nc2ccc(N3CCN[C@H](CO[Si](c4ccccc4)(c4ccccc4)C(C)(C)C)C3)nn2c1N(C)c1nc(-c2ccc(F)cc2)cs1. The maximum absolute atomic E-state index is 13.5. The van der Waals surface area contributed by atoms with Crippen molar-refractivity contribution in [3.63, 3.8) is 0 Å². The maximum atomic E-state index is 13.5. The van der Waals surface area contributed by atoms with Crippen molar-refractivity contribution in [2.75, 3.05) is 43.1 Å². The van der Waals surface area contributed by atoms with E-state index >= 15 is 0 Å². The summed E-state index contributed by atoms with van der Waals surface area (Å²) < 4.78 is 22.8. The van der Waals surface area contributed by atoms with Crippen LogP contribution in [0.15, 0.2) is 102 Å². The van der Waals surface area contributed by atoms with Gasteiger partial charge in [0, 0.05) is 43.7 Å². The number of nitrogens with zero attached hydrogens (tertiary/aromatic N) is 6. The highest BCUT2D eigenvalue weighted by Crippen LogP contribution is 2.37. The van der Waals surface area contributed by atoms with Crippen LogP contribution in [0.4, 0.5) is 21.2 Å².